The first kappa shape index (κ1) is 23.4. The van der Waals surface area contributed by atoms with Gasteiger partial charge < -0.3 is 20.3 Å². The van der Waals surface area contributed by atoms with Crippen molar-refractivity contribution in [3.63, 3.8) is 0 Å². The molecule has 2 heterocycles. The van der Waals surface area contributed by atoms with Gasteiger partial charge >= 0.3 is 0 Å². The molecule has 1 amide bonds. The number of carbonyl (C=O) groups is 1. The Morgan fingerprint density at radius 1 is 0.861 bits per heavy atom. The third-order valence-corrected chi connectivity index (χ3v) is 6.33. The first-order valence-corrected chi connectivity index (χ1v) is 12.3. The number of hydrogen-bond donors (Lipinski definition) is 2. The van der Waals surface area contributed by atoms with Gasteiger partial charge in [-0.1, -0.05) is 29.8 Å². The number of benzene rings is 3. The smallest absolute Gasteiger partial charge is 0.255 e. The monoisotopic (exact) mass is 478 g/mol. The summed E-state index contributed by atoms with van der Waals surface area (Å²) >= 11 is 0. The second-order valence-electron chi connectivity index (χ2n) is 9.07. The van der Waals surface area contributed by atoms with Crippen LogP contribution in [-0.2, 0) is 0 Å². The molecule has 3 aromatic carbocycles. The highest BCUT2D eigenvalue weighted by Gasteiger charge is 2.19. The zero-order valence-corrected chi connectivity index (χ0v) is 20.4. The Kier molecular flexibility index (Phi) is 7.12. The fourth-order valence-corrected chi connectivity index (χ4v) is 4.33. The van der Waals surface area contributed by atoms with Gasteiger partial charge in [-0.2, -0.15) is 0 Å². The number of carbonyl (C=O) groups excluding carboxylic acids is 1. The third-order valence-electron chi connectivity index (χ3n) is 6.33. The van der Waals surface area contributed by atoms with Crippen LogP contribution in [0.1, 0.15) is 28.8 Å². The van der Waals surface area contributed by atoms with Gasteiger partial charge in [-0.25, -0.2) is 4.98 Å². The van der Waals surface area contributed by atoms with E-state index >= 15 is 0 Å². The molecule has 0 radical (unpaired) electrons. The Bertz CT molecular complexity index is 1280. The van der Waals surface area contributed by atoms with E-state index in [4.69, 9.17) is 4.74 Å². The van der Waals surface area contributed by atoms with E-state index in [-0.39, 0.29) is 5.91 Å². The van der Waals surface area contributed by atoms with Crippen molar-refractivity contribution in [3.8, 4) is 11.5 Å². The van der Waals surface area contributed by atoms with E-state index < -0.39 is 0 Å². The van der Waals surface area contributed by atoms with Gasteiger partial charge in [0.2, 0.25) is 0 Å². The van der Waals surface area contributed by atoms with E-state index in [0.717, 1.165) is 48.9 Å². The summed E-state index contributed by atoms with van der Waals surface area (Å²) in [6.07, 6.45) is 3.95. The van der Waals surface area contributed by atoms with Crippen molar-refractivity contribution >= 4 is 23.1 Å². The zero-order chi connectivity index (χ0) is 24.7. The Morgan fingerprint density at radius 3 is 2.33 bits per heavy atom. The predicted octanol–water partition coefficient (Wildman–Crippen LogP) is 6.52. The summed E-state index contributed by atoms with van der Waals surface area (Å²) in [6.45, 7) is 4.00. The molecule has 1 fully saturated rings. The highest BCUT2D eigenvalue weighted by Crippen LogP contribution is 2.24. The normalized spacial score (nSPS) is 13.8. The number of amides is 1. The largest absolute Gasteiger partial charge is 0.457 e. The van der Waals surface area contributed by atoms with Crippen LogP contribution in [0.3, 0.4) is 0 Å². The molecule has 1 aliphatic rings. The molecule has 36 heavy (non-hydrogen) atoms. The van der Waals surface area contributed by atoms with Crippen molar-refractivity contribution in [3.05, 3.63) is 108 Å². The van der Waals surface area contributed by atoms with Gasteiger partial charge in [-0.05, 0) is 86.5 Å². The summed E-state index contributed by atoms with van der Waals surface area (Å²) in [5.74, 6) is 2.24. The average molecular weight is 479 g/mol. The number of nitrogens with one attached hydrogen (secondary N) is 2. The van der Waals surface area contributed by atoms with Gasteiger partial charge in [0.1, 0.15) is 17.3 Å². The van der Waals surface area contributed by atoms with Gasteiger partial charge in [-0.15, -0.1) is 0 Å². The van der Waals surface area contributed by atoms with Gasteiger partial charge in [0.25, 0.3) is 5.91 Å². The molecule has 0 spiro atoms. The minimum Gasteiger partial charge on any atom is -0.457 e. The number of aryl methyl sites for hydroxylation is 1. The molecular formula is C30H30N4O2. The Morgan fingerprint density at radius 2 is 1.61 bits per heavy atom. The molecule has 2 N–H and O–H groups in total. The minimum atomic E-state index is -0.174. The number of nitrogens with zero attached hydrogens (tertiary/aromatic N) is 2. The lowest BCUT2D eigenvalue weighted by Gasteiger charge is -2.33. The first-order chi connectivity index (χ1) is 17.6. The number of rotatable bonds is 7. The maximum atomic E-state index is 12.8. The van der Waals surface area contributed by atoms with Crippen LogP contribution in [0.15, 0.2) is 97.2 Å². The lowest BCUT2D eigenvalue weighted by atomic mass is 10.0. The zero-order valence-electron chi connectivity index (χ0n) is 20.4. The molecule has 182 valence electrons. The summed E-state index contributed by atoms with van der Waals surface area (Å²) in [5, 5.41) is 6.60. The molecule has 5 rings (SSSR count). The molecule has 4 aromatic rings. The molecular weight excluding hydrogens is 448 g/mol. The molecule has 0 bridgehead atoms. The fraction of sp³-hybridized carbons (Fsp3) is 0.200. The van der Waals surface area contributed by atoms with E-state index in [1.807, 2.05) is 85.9 Å². The van der Waals surface area contributed by atoms with Crippen LogP contribution >= 0.6 is 0 Å². The van der Waals surface area contributed by atoms with Gasteiger partial charge in [0, 0.05) is 42.3 Å². The van der Waals surface area contributed by atoms with Crippen LogP contribution in [0.4, 0.5) is 17.2 Å². The van der Waals surface area contributed by atoms with Crippen LogP contribution < -0.4 is 20.3 Å². The molecule has 0 saturated carbocycles. The van der Waals surface area contributed by atoms with Crippen molar-refractivity contribution in [1.82, 2.24) is 4.98 Å². The molecule has 6 nitrogen and oxygen atoms in total. The standard InChI is InChI=1S/C30H30N4O2/c1-22-8-14-27(15-9-22)36-28-6-4-5-23(21-28)30(35)33-25-12-10-24(11-13-25)32-26-16-19-34(20-17-26)29-7-2-3-18-31-29/h2-15,18,21,26,32H,16-17,19-20H2,1H3,(H,33,35). The maximum absolute atomic E-state index is 12.8. The topological polar surface area (TPSA) is 66.5 Å². The van der Waals surface area contributed by atoms with Crippen molar-refractivity contribution in [2.45, 2.75) is 25.8 Å². The first-order valence-electron chi connectivity index (χ1n) is 12.3. The Labute approximate surface area is 212 Å². The van der Waals surface area contributed by atoms with Crippen molar-refractivity contribution in [2.24, 2.45) is 0 Å². The number of hydrogen-bond acceptors (Lipinski definition) is 5. The molecule has 0 atom stereocenters. The van der Waals surface area contributed by atoms with E-state index in [2.05, 4.69) is 26.6 Å². The predicted molar refractivity (Wildman–Crippen MR) is 145 cm³/mol. The molecule has 1 saturated heterocycles. The van der Waals surface area contributed by atoms with E-state index in [1.165, 1.54) is 5.56 Å². The lowest BCUT2D eigenvalue weighted by Crippen LogP contribution is -2.39. The van der Waals surface area contributed by atoms with E-state index in [0.29, 0.717) is 17.4 Å². The van der Waals surface area contributed by atoms with Gasteiger partial charge in [0.05, 0.1) is 0 Å². The van der Waals surface area contributed by atoms with Crippen LogP contribution in [-0.4, -0.2) is 30.0 Å². The summed E-state index contributed by atoms with van der Waals surface area (Å²) < 4.78 is 5.90. The lowest BCUT2D eigenvalue weighted by molar-refractivity contribution is 0.102. The van der Waals surface area contributed by atoms with Crippen molar-refractivity contribution in [2.75, 3.05) is 28.6 Å². The maximum Gasteiger partial charge on any atom is 0.255 e. The molecule has 1 aromatic heterocycles. The highest BCUT2D eigenvalue weighted by atomic mass is 16.5. The SMILES string of the molecule is Cc1ccc(Oc2cccc(C(=O)Nc3ccc(NC4CCN(c5ccccn5)CC4)cc3)c2)cc1. The number of piperidine rings is 1. The van der Waals surface area contributed by atoms with Gasteiger partial charge in [-0.3, -0.25) is 4.79 Å². The van der Waals surface area contributed by atoms with Crippen LogP contribution in [0.5, 0.6) is 11.5 Å². The number of pyridine rings is 1. The summed E-state index contributed by atoms with van der Waals surface area (Å²) in [5.41, 5.74) is 3.52. The second kappa shape index (κ2) is 11.0. The Balaban J connectivity index is 1.13. The van der Waals surface area contributed by atoms with Crippen LogP contribution in [0.2, 0.25) is 0 Å². The fourth-order valence-electron chi connectivity index (χ4n) is 4.33. The average Bonchev–Trinajstić information content (AvgIpc) is 2.92. The van der Waals surface area contributed by atoms with E-state index in [1.54, 1.807) is 12.1 Å². The number of ether oxygens (including phenoxy) is 1. The molecule has 0 unspecified atom stereocenters. The van der Waals surface area contributed by atoms with Gasteiger partial charge in [0.15, 0.2) is 0 Å². The Hall–Kier alpha value is -4.32. The number of anilines is 3. The number of aromatic nitrogens is 1. The van der Waals surface area contributed by atoms with Crippen LogP contribution in [0, 0.1) is 6.92 Å². The summed E-state index contributed by atoms with van der Waals surface area (Å²) in [7, 11) is 0. The van der Waals surface area contributed by atoms with Crippen molar-refractivity contribution < 1.29 is 9.53 Å². The van der Waals surface area contributed by atoms with E-state index in [9.17, 15) is 4.79 Å². The van der Waals surface area contributed by atoms with Crippen molar-refractivity contribution in [1.29, 1.82) is 0 Å². The highest BCUT2D eigenvalue weighted by molar-refractivity contribution is 6.04. The summed E-state index contributed by atoms with van der Waals surface area (Å²) in [6, 6.07) is 29.4. The summed E-state index contributed by atoms with van der Waals surface area (Å²) in [4.78, 5) is 19.6. The third kappa shape index (κ3) is 6.02. The quantitative estimate of drug-likeness (QED) is 0.317. The van der Waals surface area contributed by atoms with Crippen LogP contribution in [0.25, 0.3) is 0 Å². The molecule has 1 aliphatic heterocycles. The molecule has 6 heteroatoms. The molecule has 0 aliphatic carbocycles. The second-order valence-corrected chi connectivity index (χ2v) is 9.07. The minimum absolute atomic E-state index is 0.174.